The first-order valence-corrected chi connectivity index (χ1v) is 11.4. The lowest BCUT2D eigenvalue weighted by Crippen LogP contribution is -2.53. The van der Waals surface area contributed by atoms with Crippen LogP contribution in [0.15, 0.2) is 41.6 Å². The molecule has 0 aliphatic carbocycles. The molecule has 0 saturated carbocycles. The summed E-state index contributed by atoms with van der Waals surface area (Å²) in [5, 5.41) is 0.831. The number of aromatic nitrogens is 1. The number of ether oxygens (including phenoxy) is 2. The quantitative estimate of drug-likeness (QED) is 0.364. The molecule has 0 radical (unpaired) electrons. The largest absolute Gasteiger partial charge is 0.471 e. The molecule has 3 heterocycles. The lowest BCUT2D eigenvalue weighted by Gasteiger charge is -2.33. The molecule has 2 aliphatic rings. The number of hydrogen-bond donors (Lipinski definition) is 0. The Morgan fingerprint density at radius 2 is 2.13 bits per heavy atom. The highest BCUT2D eigenvalue weighted by Crippen LogP contribution is 2.33. The first-order valence-electron chi connectivity index (χ1n) is 9.07. The monoisotopic (exact) mass is 463 g/mol. The van der Waals surface area contributed by atoms with E-state index in [9.17, 15) is 22.8 Å². The molecule has 30 heavy (non-hydrogen) atoms. The van der Waals surface area contributed by atoms with Crippen LogP contribution in [0.1, 0.15) is 6.42 Å². The van der Waals surface area contributed by atoms with Crippen LogP contribution in [0.5, 0.6) is 0 Å². The fraction of sp³-hybridized carbons (Fsp3) is 0.500. The summed E-state index contributed by atoms with van der Waals surface area (Å²) in [5.74, 6) is -1.46. The second kappa shape index (κ2) is 9.92. The molecule has 2 saturated heterocycles. The Bertz CT molecular complexity index is 782. The van der Waals surface area contributed by atoms with Crippen molar-refractivity contribution in [1.82, 2.24) is 14.8 Å². The first-order chi connectivity index (χ1) is 14.3. The summed E-state index contributed by atoms with van der Waals surface area (Å²) in [4.78, 5) is 30.3. The Hall–Kier alpha value is -1.92. The molecule has 2 fully saturated rings. The third-order valence-corrected chi connectivity index (χ3v) is 6.69. The van der Waals surface area contributed by atoms with Crippen LogP contribution in [0.25, 0.3) is 0 Å². The summed E-state index contributed by atoms with van der Waals surface area (Å²) >= 11 is 0. The van der Waals surface area contributed by atoms with E-state index < -0.39 is 30.4 Å². The Morgan fingerprint density at radius 3 is 2.83 bits per heavy atom. The van der Waals surface area contributed by atoms with E-state index in [0.717, 1.165) is 5.03 Å². The molecule has 1 aromatic rings. The van der Waals surface area contributed by atoms with Gasteiger partial charge in [-0.15, -0.1) is 0 Å². The van der Waals surface area contributed by atoms with E-state index in [1.165, 1.54) is 26.5 Å². The Balaban J connectivity index is 1.52. The number of carbonyl (C=O) groups excluding carboxylic acids is 2. The number of amides is 2. The molecule has 2 aliphatic heterocycles. The number of pyridine rings is 1. The Labute approximate surface area is 179 Å². The van der Waals surface area contributed by atoms with Gasteiger partial charge < -0.3 is 14.4 Å². The van der Waals surface area contributed by atoms with E-state index in [2.05, 4.69) is 11.6 Å². The molecule has 1 aromatic heterocycles. The standard InChI is InChI=1S/C18H20F3N3O4S2/c1-12-10-13(24(11-12)16(25)18(19,20)21)15-23(6-7-27-15)17(26)28-8-9-29-30-14-4-2-3-5-22-14/h2-5,13,15H,1,6-11H2/t13-,15?/m0/s1. The zero-order chi connectivity index (χ0) is 21.7. The normalized spacial score (nSPS) is 21.9. The van der Waals surface area contributed by atoms with Gasteiger partial charge in [-0.05, 0) is 29.3 Å². The summed E-state index contributed by atoms with van der Waals surface area (Å²) in [5.41, 5.74) is 0.476. The Morgan fingerprint density at radius 1 is 1.33 bits per heavy atom. The van der Waals surface area contributed by atoms with Gasteiger partial charge in [0.15, 0.2) is 6.23 Å². The number of nitrogens with zero attached hydrogens (tertiary/aromatic N) is 3. The molecular weight excluding hydrogens is 443 g/mol. The van der Waals surface area contributed by atoms with Crippen LogP contribution in [0, 0.1) is 0 Å². The first kappa shape index (κ1) is 22.8. The minimum atomic E-state index is -5.00. The fourth-order valence-corrected chi connectivity index (χ4v) is 4.92. The van der Waals surface area contributed by atoms with Gasteiger partial charge in [-0.1, -0.05) is 29.0 Å². The predicted octanol–water partition coefficient (Wildman–Crippen LogP) is 3.34. The van der Waals surface area contributed by atoms with Crippen molar-refractivity contribution in [1.29, 1.82) is 0 Å². The van der Waals surface area contributed by atoms with E-state index in [0.29, 0.717) is 16.2 Å². The maximum absolute atomic E-state index is 12.9. The van der Waals surface area contributed by atoms with Crippen molar-refractivity contribution in [2.75, 3.05) is 32.1 Å². The van der Waals surface area contributed by atoms with Crippen LogP contribution in [0.2, 0.25) is 0 Å². The van der Waals surface area contributed by atoms with Gasteiger partial charge in [-0.3, -0.25) is 9.69 Å². The van der Waals surface area contributed by atoms with Crippen LogP contribution < -0.4 is 0 Å². The van der Waals surface area contributed by atoms with Crippen LogP contribution >= 0.6 is 21.6 Å². The van der Waals surface area contributed by atoms with Crippen LogP contribution in [0.4, 0.5) is 18.0 Å². The Kier molecular flexibility index (Phi) is 7.53. The van der Waals surface area contributed by atoms with Gasteiger partial charge >= 0.3 is 18.2 Å². The summed E-state index contributed by atoms with van der Waals surface area (Å²) in [6, 6.07) is 4.59. The molecule has 0 aromatic carbocycles. The lowest BCUT2D eigenvalue weighted by atomic mass is 10.1. The number of alkyl halides is 3. The number of carbonyl (C=O) groups is 2. The SMILES string of the molecule is C=C1C[C@@H](C2OCCN2C(=O)OCCSSc2ccccn2)N(C(=O)C(F)(F)F)C1. The molecular formula is C18H20F3N3O4S2. The average molecular weight is 464 g/mol. The van der Waals surface area contributed by atoms with Crippen molar-refractivity contribution in [3.05, 3.63) is 36.5 Å². The van der Waals surface area contributed by atoms with Gasteiger partial charge in [-0.2, -0.15) is 13.2 Å². The second-order valence-electron chi connectivity index (χ2n) is 6.59. The zero-order valence-electron chi connectivity index (χ0n) is 15.8. The number of likely N-dealkylation sites (tertiary alicyclic amines) is 1. The van der Waals surface area contributed by atoms with Crippen molar-refractivity contribution >= 4 is 33.6 Å². The molecule has 0 spiro atoms. The van der Waals surface area contributed by atoms with Crippen molar-refractivity contribution in [3.63, 3.8) is 0 Å². The lowest BCUT2D eigenvalue weighted by molar-refractivity contribution is -0.189. The summed E-state index contributed by atoms with van der Waals surface area (Å²) in [6.07, 6.45) is -4.88. The molecule has 12 heteroatoms. The minimum absolute atomic E-state index is 0.120. The number of rotatable bonds is 6. The number of hydrogen-bond acceptors (Lipinski definition) is 7. The van der Waals surface area contributed by atoms with Gasteiger partial charge in [0.25, 0.3) is 0 Å². The van der Waals surface area contributed by atoms with Gasteiger partial charge in [0, 0.05) is 18.5 Å². The third kappa shape index (κ3) is 5.61. The summed E-state index contributed by atoms with van der Waals surface area (Å²) < 4.78 is 49.5. The van der Waals surface area contributed by atoms with Gasteiger partial charge in [0.2, 0.25) is 0 Å². The van der Waals surface area contributed by atoms with Crippen molar-refractivity contribution in [2.24, 2.45) is 0 Å². The van der Waals surface area contributed by atoms with E-state index in [1.54, 1.807) is 6.20 Å². The second-order valence-corrected chi connectivity index (χ2v) is 9.03. The highest BCUT2D eigenvalue weighted by Gasteiger charge is 2.51. The molecule has 3 rings (SSSR count). The van der Waals surface area contributed by atoms with Gasteiger partial charge in [-0.25, -0.2) is 9.78 Å². The van der Waals surface area contributed by atoms with Gasteiger partial charge in [0.1, 0.15) is 11.6 Å². The molecule has 0 bridgehead atoms. The topological polar surface area (TPSA) is 72.0 Å². The van der Waals surface area contributed by atoms with Crippen molar-refractivity contribution < 1.29 is 32.2 Å². The molecule has 1 unspecified atom stereocenters. The molecule has 164 valence electrons. The maximum atomic E-state index is 12.9. The smallest absolute Gasteiger partial charge is 0.448 e. The van der Waals surface area contributed by atoms with E-state index >= 15 is 0 Å². The van der Waals surface area contributed by atoms with Crippen LogP contribution in [0.3, 0.4) is 0 Å². The molecule has 0 N–H and O–H groups in total. The molecule has 2 amide bonds. The molecule has 7 nitrogen and oxygen atoms in total. The maximum Gasteiger partial charge on any atom is 0.471 e. The highest BCUT2D eigenvalue weighted by molar-refractivity contribution is 8.76. The highest BCUT2D eigenvalue weighted by atomic mass is 33.1. The van der Waals surface area contributed by atoms with Crippen LogP contribution in [-0.4, -0.2) is 77.3 Å². The fourth-order valence-electron chi connectivity index (χ4n) is 3.22. The van der Waals surface area contributed by atoms with E-state index in [1.807, 2.05) is 18.2 Å². The van der Waals surface area contributed by atoms with E-state index in [-0.39, 0.29) is 32.7 Å². The third-order valence-electron chi connectivity index (χ3n) is 4.46. The summed E-state index contributed by atoms with van der Waals surface area (Å²) in [7, 11) is 2.91. The minimum Gasteiger partial charge on any atom is -0.448 e. The van der Waals surface area contributed by atoms with Crippen LogP contribution in [-0.2, 0) is 14.3 Å². The van der Waals surface area contributed by atoms with Crippen molar-refractivity contribution in [2.45, 2.75) is 29.9 Å². The molecule has 2 atom stereocenters. The van der Waals surface area contributed by atoms with Gasteiger partial charge in [0.05, 0.1) is 19.2 Å². The number of halogens is 3. The van der Waals surface area contributed by atoms with E-state index in [4.69, 9.17) is 9.47 Å². The predicted molar refractivity (Wildman–Crippen MR) is 106 cm³/mol. The van der Waals surface area contributed by atoms with Crippen molar-refractivity contribution in [3.8, 4) is 0 Å². The average Bonchev–Trinajstić information content (AvgIpc) is 3.33. The zero-order valence-corrected chi connectivity index (χ0v) is 17.5. The summed E-state index contributed by atoms with van der Waals surface area (Å²) in [6.45, 7) is 3.93.